The van der Waals surface area contributed by atoms with E-state index in [2.05, 4.69) is 32.6 Å². The van der Waals surface area contributed by atoms with E-state index in [1.54, 1.807) is 0 Å². The van der Waals surface area contributed by atoms with Gasteiger partial charge in [0, 0.05) is 6.61 Å². The number of carbonyl (C=O) groups is 2. The van der Waals surface area contributed by atoms with E-state index < -0.39 is 0 Å². The van der Waals surface area contributed by atoms with Crippen molar-refractivity contribution >= 4 is 11.9 Å². The van der Waals surface area contributed by atoms with E-state index in [9.17, 15) is 14.7 Å². The molecule has 0 unspecified atom stereocenters. The topological polar surface area (TPSA) is 76.1 Å². The van der Waals surface area contributed by atoms with Crippen molar-refractivity contribution in [2.75, 3.05) is 39.5 Å². The molecular weight excluding hydrogens is 671 g/mol. The van der Waals surface area contributed by atoms with Crippen molar-refractivity contribution < 1.29 is 24.2 Å². The van der Waals surface area contributed by atoms with Crippen LogP contribution in [0, 0.1) is 11.8 Å². The molecule has 54 heavy (non-hydrogen) atoms. The molecule has 0 radical (unpaired) electrons. The summed E-state index contributed by atoms with van der Waals surface area (Å²) in [5.41, 5.74) is 0. The zero-order valence-electron chi connectivity index (χ0n) is 37.0. The van der Waals surface area contributed by atoms with E-state index in [1.165, 1.54) is 116 Å². The SMILES string of the molecule is CCCCCCCC[C@@H](CCCCCC)C(=O)OCCCCCCN(CCCCO)CCCCCCOC(=O)[C@@H](CCCCCC)CCCCCCCC. The zero-order chi connectivity index (χ0) is 39.6. The fourth-order valence-electron chi connectivity index (χ4n) is 7.68. The van der Waals surface area contributed by atoms with Crippen LogP contribution in [-0.2, 0) is 19.1 Å². The second-order valence-electron chi connectivity index (χ2n) is 16.6. The number of rotatable bonds is 44. The third-order valence-corrected chi connectivity index (χ3v) is 11.4. The largest absolute Gasteiger partial charge is 0.465 e. The van der Waals surface area contributed by atoms with Gasteiger partial charge in [-0.2, -0.15) is 0 Å². The highest BCUT2D eigenvalue weighted by Gasteiger charge is 2.20. The monoisotopic (exact) mass is 766 g/mol. The molecule has 6 nitrogen and oxygen atoms in total. The summed E-state index contributed by atoms with van der Waals surface area (Å²) in [4.78, 5) is 28.5. The first-order chi connectivity index (χ1) is 26.5. The van der Waals surface area contributed by atoms with E-state index in [1.807, 2.05) is 0 Å². The molecule has 0 aliphatic heterocycles. The lowest BCUT2D eigenvalue weighted by Crippen LogP contribution is -2.27. The lowest BCUT2D eigenvalue weighted by atomic mass is 9.94. The van der Waals surface area contributed by atoms with Crippen molar-refractivity contribution in [3.63, 3.8) is 0 Å². The maximum absolute atomic E-state index is 13.0. The first-order valence-corrected chi connectivity index (χ1v) is 24.2. The molecule has 0 saturated heterocycles. The van der Waals surface area contributed by atoms with Crippen LogP contribution in [0.3, 0.4) is 0 Å². The number of carbonyl (C=O) groups excluding carboxylic acids is 2. The fraction of sp³-hybridized carbons (Fsp3) is 0.958. The summed E-state index contributed by atoms with van der Waals surface area (Å²) < 4.78 is 11.6. The number of nitrogens with zero attached hydrogens (tertiary/aromatic N) is 1. The highest BCUT2D eigenvalue weighted by molar-refractivity contribution is 5.72. The summed E-state index contributed by atoms with van der Waals surface area (Å²) in [5, 5.41) is 9.32. The van der Waals surface area contributed by atoms with Crippen LogP contribution in [-0.4, -0.2) is 61.4 Å². The van der Waals surface area contributed by atoms with Gasteiger partial charge in [0.1, 0.15) is 0 Å². The van der Waals surface area contributed by atoms with Crippen molar-refractivity contribution in [2.24, 2.45) is 11.8 Å². The van der Waals surface area contributed by atoms with Crippen LogP contribution in [0.15, 0.2) is 0 Å². The molecule has 0 aromatic heterocycles. The Morgan fingerprint density at radius 1 is 0.389 bits per heavy atom. The minimum Gasteiger partial charge on any atom is -0.465 e. The van der Waals surface area contributed by atoms with Gasteiger partial charge in [-0.3, -0.25) is 9.59 Å². The molecule has 0 rings (SSSR count). The smallest absolute Gasteiger partial charge is 0.308 e. The number of hydrogen-bond donors (Lipinski definition) is 1. The van der Waals surface area contributed by atoms with Crippen molar-refractivity contribution in [3.05, 3.63) is 0 Å². The maximum Gasteiger partial charge on any atom is 0.308 e. The molecule has 0 aliphatic carbocycles. The van der Waals surface area contributed by atoms with Gasteiger partial charge < -0.3 is 19.5 Å². The summed E-state index contributed by atoms with van der Waals surface area (Å²) in [7, 11) is 0. The van der Waals surface area contributed by atoms with Gasteiger partial charge in [0.25, 0.3) is 0 Å². The summed E-state index contributed by atoms with van der Waals surface area (Å²) >= 11 is 0. The Morgan fingerprint density at radius 3 is 1.02 bits per heavy atom. The molecule has 2 atom stereocenters. The molecule has 1 N–H and O–H groups in total. The normalized spacial score (nSPS) is 12.7. The Morgan fingerprint density at radius 2 is 0.667 bits per heavy atom. The first kappa shape index (κ1) is 52.9. The van der Waals surface area contributed by atoms with Crippen molar-refractivity contribution in [1.82, 2.24) is 4.90 Å². The van der Waals surface area contributed by atoms with Crippen molar-refractivity contribution in [1.29, 1.82) is 0 Å². The van der Waals surface area contributed by atoms with Crippen LogP contribution in [0.2, 0.25) is 0 Å². The minimum atomic E-state index is 0.0544. The van der Waals surface area contributed by atoms with E-state index >= 15 is 0 Å². The molecule has 0 aromatic carbocycles. The number of esters is 2. The predicted octanol–water partition coefficient (Wildman–Crippen LogP) is 13.9. The highest BCUT2D eigenvalue weighted by Crippen LogP contribution is 2.22. The fourth-order valence-corrected chi connectivity index (χ4v) is 7.68. The second-order valence-corrected chi connectivity index (χ2v) is 16.6. The highest BCUT2D eigenvalue weighted by atomic mass is 16.5. The van der Waals surface area contributed by atoms with E-state index in [-0.39, 0.29) is 30.4 Å². The second kappa shape index (κ2) is 43.0. The predicted molar refractivity (Wildman–Crippen MR) is 232 cm³/mol. The van der Waals surface area contributed by atoms with Gasteiger partial charge in [0.15, 0.2) is 0 Å². The molecule has 0 saturated carbocycles. The maximum atomic E-state index is 13.0. The van der Waals surface area contributed by atoms with Gasteiger partial charge in [-0.15, -0.1) is 0 Å². The van der Waals surface area contributed by atoms with Crippen LogP contribution < -0.4 is 0 Å². The average molecular weight is 766 g/mol. The number of hydrogen-bond acceptors (Lipinski definition) is 6. The van der Waals surface area contributed by atoms with Gasteiger partial charge >= 0.3 is 11.9 Å². The Bertz CT molecular complexity index is 718. The van der Waals surface area contributed by atoms with Crippen LogP contribution in [0.4, 0.5) is 0 Å². The summed E-state index contributed by atoms with van der Waals surface area (Å²) in [6, 6.07) is 0. The third-order valence-electron chi connectivity index (χ3n) is 11.4. The first-order valence-electron chi connectivity index (χ1n) is 24.2. The Kier molecular flexibility index (Phi) is 42.1. The van der Waals surface area contributed by atoms with Crippen molar-refractivity contribution in [2.45, 2.75) is 246 Å². The van der Waals surface area contributed by atoms with Crippen LogP contribution in [0.25, 0.3) is 0 Å². The van der Waals surface area contributed by atoms with Crippen LogP contribution >= 0.6 is 0 Å². The number of ether oxygens (including phenoxy) is 2. The third kappa shape index (κ3) is 35.3. The van der Waals surface area contributed by atoms with Gasteiger partial charge in [-0.1, -0.05) is 182 Å². The lowest BCUT2D eigenvalue weighted by molar-refractivity contribution is -0.150. The van der Waals surface area contributed by atoms with E-state index in [0.29, 0.717) is 13.2 Å². The molecule has 0 spiro atoms. The van der Waals surface area contributed by atoms with Crippen LogP contribution in [0.5, 0.6) is 0 Å². The Balaban J connectivity index is 4.36. The van der Waals surface area contributed by atoms with E-state index in [0.717, 1.165) is 122 Å². The minimum absolute atomic E-state index is 0.0544. The summed E-state index contributed by atoms with van der Waals surface area (Å²) in [6.45, 7) is 13.6. The molecule has 0 amide bonds. The number of aliphatic hydroxyl groups excluding tert-OH is 1. The van der Waals surface area contributed by atoms with Gasteiger partial charge in [0.2, 0.25) is 0 Å². The number of aliphatic hydroxyl groups is 1. The molecular formula is C48H95NO5. The molecule has 6 heteroatoms. The number of unbranched alkanes of at least 4 members (excludes halogenated alkanes) is 23. The van der Waals surface area contributed by atoms with Crippen molar-refractivity contribution in [3.8, 4) is 0 Å². The average Bonchev–Trinajstić information content (AvgIpc) is 3.17. The lowest BCUT2D eigenvalue weighted by Gasteiger charge is -2.22. The molecule has 0 heterocycles. The molecule has 0 aromatic rings. The molecule has 322 valence electrons. The van der Waals surface area contributed by atoms with Gasteiger partial charge in [-0.25, -0.2) is 0 Å². The Labute approximate surface area is 337 Å². The van der Waals surface area contributed by atoms with E-state index in [4.69, 9.17) is 9.47 Å². The van der Waals surface area contributed by atoms with Crippen LogP contribution in [0.1, 0.15) is 246 Å². The molecule has 0 bridgehead atoms. The zero-order valence-corrected chi connectivity index (χ0v) is 37.0. The Hall–Kier alpha value is -1.14. The van der Waals surface area contributed by atoms with Gasteiger partial charge in [0.05, 0.1) is 25.0 Å². The molecule has 0 aliphatic rings. The quantitative estimate of drug-likeness (QED) is 0.0492. The summed E-state index contributed by atoms with van der Waals surface area (Å²) in [6.07, 6.45) is 39.6. The summed E-state index contributed by atoms with van der Waals surface area (Å²) in [5.74, 6) is 0.290. The molecule has 0 fully saturated rings. The van der Waals surface area contributed by atoms with Gasteiger partial charge in [-0.05, 0) is 83.8 Å². The standard InChI is InChI=1S/C48H95NO5/c1-5-9-13-17-19-27-37-45(35-25-15-11-7-3)47(51)53-43-33-23-21-29-39-49(41-31-32-42-50)40-30-22-24-34-44-54-48(52)46(36-26-16-12-8-4)38-28-20-18-14-10-6-2/h45-46,50H,5-44H2,1-4H3/t45-,46+.